The molecule has 1 N–H and O–H groups in total. The molecule has 0 aliphatic heterocycles. The lowest BCUT2D eigenvalue weighted by molar-refractivity contribution is 0.478. The van der Waals surface area contributed by atoms with Crippen molar-refractivity contribution in [2.24, 2.45) is 0 Å². The second-order valence-electron chi connectivity index (χ2n) is 5.06. The molecule has 0 aliphatic carbocycles. The molecule has 0 bridgehead atoms. The topological polar surface area (TPSA) is 51.0 Å². The third-order valence-corrected chi connectivity index (χ3v) is 3.84. The summed E-state index contributed by atoms with van der Waals surface area (Å²) in [5.41, 5.74) is 2.09. The molecule has 23 heavy (non-hydrogen) atoms. The van der Waals surface area contributed by atoms with Crippen LogP contribution in [-0.4, -0.2) is 16.7 Å². The quantitative estimate of drug-likeness (QED) is 0.672. The first kappa shape index (κ1) is 16.0. The minimum atomic E-state index is 0.496. The lowest BCUT2D eigenvalue weighted by Gasteiger charge is -2.02. The molecular weight excluding hydrogens is 333 g/mol. The van der Waals surface area contributed by atoms with E-state index in [1.807, 2.05) is 36.4 Å². The summed E-state index contributed by atoms with van der Waals surface area (Å²) >= 11 is 11.7. The van der Waals surface area contributed by atoms with Gasteiger partial charge in [0.1, 0.15) is 0 Å². The van der Waals surface area contributed by atoms with E-state index in [9.17, 15) is 0 Å². The maximum Gasteiger partial charge on any atom is 0.247 e. The van der Waals surface area contributed by atoms with Crippen LogP contribution >= 0.6 is 23.2 Å². The molecule has 0 fully saturated rings. The molecule has 1 aromatic heterocycles. The fourth-order valence-corrected chi connectivity index (χ4v) is 2.37. The van der Waals surface area contributed by atoms with E-state index < -0.39 is 0 Å². The van der Waals surface area contributed by atoms with Gasteiger partial charge in [0.15, 0.2) is 0 Å². The van der Waals surface area contributed by atoms with Crippen LogP contribution in [0.4, 0.5) is 0 Å². The highest BCUT2D eigenvalue weighted by Gasteiger charge is 2.08. The zero-order valence-corrected chi connectivity index (χ0v) is 13.8. The summed E-state index contributed by atoms with van der Waals surface area (Å²) in [4.78, 5) is 0. The maximum absolute atomic E-state index is 5.86. The van der Waals surface area contributed by atoms with Crippen molar-refractivity contribution in [1.82, 2.24) is 15.5 Å². The van der Waals surface area contributed by atoms with E-state index in [-0.39, 0.29) is 0 Å². The molecular formula is C17H15Cl2N3O. The molecule has 3 aromatic rings. The second kappa shape index (κ2) is 7.59. The van der Waals surface area contributed by atoms with Crippen LogP contribution in [0.1, 0.15) is 11.5 Å². The second-order valence-corrected chi connectivity index (χ2v) is 5.93. The molecule has 0 radical (unpaired) electrons. The first-order valence-corrected chi connectivity index (χ1v) is 8.00. The normalized spacial score (nSPS) is 10.9. The predicted octanol–water partition coefficient (Wildman–Crippen LogP) is 4.38. The van der Waals surface area contributed by atoms with Crippen molar-refractivity contribution in [3.8, 4) is 11.5 Å². The number of halogens is 2. The van der Waals surface area contributed by atoms with Crippen LogP contribution < -0.4 is 5.32 Å². The van der Waals surface area contributed by atoms with Crippen LogP contribution in [0.2, 0.25) is 10.0 Å². The molecule has 0 atom stereocenters. The van der Waals surface area contributed by atoms with Crippen LogP contribution in [-0.2, 0) is 13.0 Å². The van der Waals surface area contributed by atoms with Gasteiger partial charge in [-0.3, -0.25) is 0 Å². The predicted molar refractivity (Wildman–Crippen MR) is 91.6 cm³/mol. The van der Waals surface area contributed by atoms with Gasteiger partial charge in [0, 0.05) is 15.6 Å². The molecule has 0 saturated carbocycles. The number of hydrogen-bond acceptors (Lipinski definition) is 4. The Morgan fingerprint density at radius 1 is 0.870 bits per heavy atom. The molecule has 6 heteroatoms. The Hall–Kier alpha value is -1.88. The van der Waals surface area contributed by atoms with Gasteiger partial charge in [-0.2, -0.15) is 0 Å². The SMILES string of the molecule is Clc1ccc(CCNCc2nnc(-c3ccc(Cl)cc3)o2)cc1. The van der Waals surface area contributed by atoms with Crippen molar-refractivity contribution in [3.63, 3.8) is 0 Å². The lowest BCUT2D eigenvalue weighted by atomic mass is 10.1. The van der Waals surface area contributed by atoms with Gasteiger partial charge in [0.2, 0.25) is 11.8 Å². The largest absolute Gasteiger partial charge is 0.419 e. The van der Waals surface area contributed by atoms with E-state index in [2.05, 4.69) is 15.5 Å². The van der Waals surface area contributed by atoms with E-state index in [1.54, 1.807) is 12.1 Å². The minimum Gasteiger partial charge on any atom is -0.419 e. The lowest BCUT2D eigenvalue weighted by Crippen LogP contribution is -2.16. The van der Waals surface area contributed by atoms with Gasteiger partial charge < -0.3 is 9.73 Å². The zero-order chi connectivity index (χ0) is 16.1. The van der Waals surface area contributed by atoms with Crippen LogP contribution in [0.5, 0.6) is 0 Å². The summed E-state index contributed by atoms with van der Waals surface area (Å²) < 4.78 is 5.63. The molecule has 1 heterocycles. The molecule has 2 aromatic carbocycles. The Balaban J connectivity index is 1.49. The standard InChI is InChI=1S/C17H15Cl2N3O/c18-14-5-1-12(2-6-14)9-10-20-11-16-21-22-17(23-16)13-3-7-15(19)8-4-13/h1-8,20H,9-11H2. The number of aromatic nitrogens is 2. The molecule has 3 rings (SSSR count). The van der Waals surface area contributed by atoms with Crippen molar-refractivity contribution < 1.29 is 4.42 Å². The van der Waals surface area contributed by atoms with Crippen LogP contribution in [0.25, 0.3) is 11.5 Å². The van der Waals surface area contributed by atoms with Crippen molar-refractivity contribution in [2.75, 3.05) is 6.54 Å². The first-order valence-electron chi connectivity index (χ1n) is 7.24. The summed E-state index contributed by atoms with van der Waals surface area (Å²) in [6.45, 7) is 1.36. The summed E-state index contributed by atoms with van der Waals surface area (Å²) in [6, 6.07) is 15.1. The molecule has 118 valence electrons. The van der Waals surface area contributed by atoms with Gasteiger partial charge >= 0.3 is 0 Å². The van der Waals surface area contributed by atoms with Crippen molar-refractivity contribution in [3.05, 3.63) is 70.0 Å². The summed E-state index contributed by atoms with van der Waals surface area (Å²) in [7, 11) is 0. The van der Waals surface area contributed by atoms with Gasteiger partial charge in [-0.15, -0.1) is 10.2 Å². The fourth-order valence-electron chi connectivity index (χ4n) is 2.11. The monoisotopic (exact) mass is 347 g/mol. The summed E-state index contributed by atoms with van der Waals surface area (Å²) in [5, 5.41) is 12.8. The number of benzene rings is 2. The smallest absolute Gasteiger partial charge is 0.247 e. The van der Waals surface area contributed by atoms with E-state index >= 15 is 0 Å². The fraction of sp³-hybridized carbons (Fsp3) is 0.176. The molecule has 0 unspecified atom stereocenters. The van der Waals surface area contributed by atoms with E-state index in [4.69, 9.17) is 27.6 Å². The highest BCUT2D eigenvalue weighted by atomic mass is 35.5. The third kappa shape index (κ3) is 4.55. The Bertz CT molecular complexity index is 754. The van der Waals surface area contributed by atoms with Crippen molar-refractivity contribution in [2.45, 2.75) is 13.0 Å². The summed E-state index contributed by atoms with van der Waals surface area (Å²) in [6.07, 6.45) is 0.912. The third-order valence-electron chi connectivity index (χ3n) is 3.34. The van der Waals surface area contributed by atoms with Crippen LogP contribution in [0, 0.1) is 0 Å². The van der Waals surface area contributed by atoms with E-state index in [0.29, 0.717) is 23.3 Å². The minimum absolute atomic E-state index is 0.496. The van der Waals surface area contributed by atoms with Crippen molar-refractivity contribution >= 4 is 23.2 Å². The number of nitrogens with one attached hydrogen (secondary N) is 1. The average Bonchev–Trinajstić information content (AvgIpc) is 3.03. The van der Waals surface area contributed by atoms with Crippen LogP contribution in [0.3, 0.4) is 0 Å². The van der Waals surface area contributed by atoms with E-state index in [0.717, 1.165) is 23.6 Å². The Labute approximate surface area is 144 Å². The molecule has 0 aliphatic rings. The van der Waals surface area contributed by atoms with Gasteiger partial charge in [-0.05, 0) is 54.9 Å². The molecule has 0 saturated heterocycles. The van der Waals surface area contributed by atoms with Crippen molar-refractivity contribution in [1.29, 1.82) is 0 Å². The Kier molecular flexibility index (Phi) is 5.28. The molecule has 0 amide bonds. The van der Waals surface area contributed by atoms with E-state index in [1.165, 1.54) is 5.56 Å². The van der Waals surface area contributed by atoms with Gasteiger partial charge in [-0.1, -0.05) is 35.3 Å². The maximum atomic E-state index is 5.86. The molecule has 4 nitrogen and oxygen atoms in total. The van der Waals surface area contributed by atoms with Gasteiger partial charge in [0.05, 0.1) is 6.54 Å². The number of nitrogens with zero attached hydrogens (tertiary/aromatic N) is 2. The van der Waals surface area contributed by atoms with Crippen LogP contribution in [0.15, 0.2) is 52.9 Å². The van der Waals surface area contributed by atoms with Gasteiger partial charge in [0.25, 0.3) is 0 Å². The highest BCUT2D eigenvalue weighted by Crippen LogP contribution is 2.20. The zero-order valence-electron chi connectivity index (χ0n) is 12.3. The first-order chi connectivity index (χ1) is 11.2. The van der Waals surface area contributed by atoms with Gasteiger partial charge in [-0.25, -0.2) is 0 Å². The number of hydrogen-bond donors (Lipinski definition) is 1. The summed E-state index contributed by atoms with van der Waals surface area (Å²) in [5.74, 6) is 1.06. The Morgan fingerprint density at radius 2 is 1.52 bits per heavy atom. The average molecular weight is 348 g/mol. The highest BCUT2D eigenvalue weighted by molar-refractivity contribution is 6.30. The molecule has 0 spiro atoms. The number of rotatable bonds is 6. The Morgan fingerprint density at radius 3 is 2.22 bits per heavy atom.